The van der Waals surface area contributed by atoms with Crippen molar-refractivity contribution in [3.63, 3.8) is 0 Å². The number of benzene rings is 1. The van der Waals surface area contributed by atoms with E-state index in [4.69, 9.17) is 0 Å². The fraction of sp³-hybridized carbons (Fsp3) is 0.500. The van der Waals surface area contributed by atoms with E-state index >= 15 is 0 Å². The fourth-order valence-electron chi connectivity index (χ4n) is 2.12. The molecule has 0 amide bonds. The largest absolute Gasteiger partial charge is 0.394 e. The van der Waals surface area contributed by atoms with E-state index in [1.165, 1.54) is 6.07 Å². The molecular formula is C12H16N2O3. The summed E-state index contributed by atoms with van der Waals surface area (Å²) in [4.78, 5) is 10.5. The maximum Gasteiger partial charge on any atom is 0.292 e. The van der Waals surface area contributed by atoms with Crippen LogP contribution in [-0.2, 0) is 0 Å². The second-order valence-corrected chi connectivity index (χ2v) is 4.69. The van der Waals surface area contributed by atoms with Crippen LogP contribution in [0.25, 0.3) is 0 Å². The van der Waals surface area contributed by atoms with E-state index in [2.05, 4.69) is 5.32 Å². The van der Waals surface area contributed by atoms with Crippen LogP contribution in [0.1, 0.15) is 24.8 Å². The minimum Gasteiger partial charge on any atom is -0.394 e. The summed E-state index contributed by atoms with van der Waals surface area (Å²) in [5.74, 6) is 0. The molecule has 1 aromatic carbocycles. The van der Waals surface area contributed by atoms with E-state index in [9.17, 15) is 15.2 Å². The van der Waals surface area contributed by atoms with Gasteiger partial charge in [-0.25, -0.2) is 0 Å². The molecule has 0 aliphatic heterocycles. The van der Waals surface area contributed by atoms with Crippen LogP contribution in [0, 0.1) is 17.0 Å². The third-order valence-corrected chi connectivity index (χ3v) is 3.36. The topological polar surface area (TPSA) is 75.4 Å². The molecule has 5 heteroatoms. The number of nitro groups is 1. The van der Waals surface area contributed by atoms with Gasteiger partial charge in [0.15, 0.2) is 0 Å². The molecule has 0 bridgehead atoms. The summed E-state index contributed by atoms with van der Waals surface area (Å²) in [6.45, 7) is 1.90. The van der Waals surface area contributed by atoms with Gasteiger partial charge in [-0.1, -0.05) is 6.07 Å². The summed E-state index contributed by atoms with van der Waals surface area (Å²) < 4.78 is 0. The van der Waals surface area contributed by atoms with Gasteiger partial charge in [-0.15, -0.1) is 0 Å². The predicted molar refractivity (Wildman–Crippen MR) is 65.1 cm³/mol. The van der Waals surface area contributed by atoms with E-state index < -0.39 is 4.92 Å². The Bertz CT molecular complexity index is 436. The number of nitrogens with one attached hydrogen (secondary N) is 1. The molecule has 1 saturated carbocycles. The minimum atomic E-state index is -0.397. The van der Waals surface area contributed by atoms with Crippen molar-refractivity contribution in [2.24, 2.45) is 0 Å². The van der Waals surface area contributed by atoms with Gasteiger partial charge in [0.25, 0.3) is 5.69 Å². The molecule has 1 aromatic rings. The van der Waals surface area contributed by atoms with E-state index in [-0.39, 0.29) is 17.8 Å². The number of nitrogens with zero attached hydrogens (tertiary/aromatic N) is 1. The van der Waals surface area contributed by atoms with Gasteiger partial charge in [-0.3, -0.25) is 10.1 Å². The lowest BCUT2D eigenvalue weighted by Crippen LogP contribution is -2.48. The van der Waals surface area contributed by atoms with Gasteiger partial charge in [-0.2, -0.15) is 0 Å². The molecule has 92 valence electrons. The van der Waals surface area contributed by atoms with Gasteiger partial charge < -0.3 is 10.4 Å². The van der Waals surface area contributed by atoms with Crippen LogP contribution in [0.15, 0.2) is 18.2 Å². The van der Waals surface area contributed by atoms with Gasteiger partial charge in [-0.05, 0) is 37.8 Å². The summed E-state index contributed by atoms with van der Waals surface area (Å²) in [6.07, 6.45) is 2.76. The SMILES string of the molecule is Cc1ccc([N+](=O)[O-])c(NC2(CO)CCC2)c1. The number of hydrogen-bond donors (Lipinski definition) is 2. The third-order valence-electron chi connectivity index (χ3n) is 3.36. The van der Waals surface area contributed by atoms with E-state index in [1.807, 2.05) is 6.92 Å². The zero-order chi connectivity index (χ0) is 12.5. The van der Waals surface area contributed by atoms with Crippen LogP contribution in [0.3, 0.4) is 0 Å². The highest BCUT2D eigenvalue weighted by Gasteiger charge is 2.37. The molecule has 2 N–H and O–H groups in total. The zero-order valence-corrected chi connectivity index (χ0v) is 9.77. The lowest BCUT2D eigenvalue weighted by Gasteiger charge is -2.41. The maximum atomic E-state index is 10.9. The van der Waals surface area contributed by atoms with Crippen molar-refractivity contribution >= 4 is 11.4 Å². The van der Waals surface area contributed by atoms with Gasteiger partial charge in [0.1, 0.15) is 5.69 Å². The highest BCUT2D eigenvalue weighted by molar-refractivity contribution is 5.64. The molecule has 1 aliphatic carbocycles. The van der Waals surface area contributed by atoms with Crippen LogP contribution < -0.4 is 5.32 Å². The highest BCUT2D eigenvalue weighted by Crippen LogP contribution is 2.37. The quantitative estimate of drug-likeness (QED) is 0.621. The predicted octanol–water partition coefficient (Wildman–Crippen LogP) is 2.23. The van der Waals surface area contributed by atoms with Crippen molar-refractivity contribution in [2.75, 3.05) is 11.9 Å². The second-order valence-electron chi connectivity index (χ2n) is 4.69. The van der Waals surface area contributed by atoms with Crippen molar-refractivity contribution in [1.82, 2.24) is 0 Å². The summed E-state index contributed by atoms with van der Waals surface area (Å²) in [7, 11) is 0. The Hall–Kier alpha value is -1.62. The fourth-order valence-corrected chi connectivity index (χ4v) is 2.12. The van der Waals surface area contributed by atoms with Crippen molar-refractivity contribution in [3.8, 4) is 0 Å². The summed E-state index contributed by atoms with van der Waals surface area (Å²) in [6, 6.07) is 4.98. The van der Waals surface area contributed by atoms with Crippen molar-refractivity contribution < 1.29 is 10.0 Å². The van der Waals surface area contributed by atoms with Crippen molar-refractivity contribution in [1.29, 1.82) is 0 Å². The molecule has 2 rings (SSSR count). The Labute approximate surface area is 99.6 Å². The number of nitro benzene ring substituents is 1. The molecule has 1 aliphatic rings. The van der Waals surface area contributed by atoms with E-state index in [0.29, 0.717) is 5.69 Å². The average molecular weight is 236 g/mol. The monoisotopic (exact) mass is 236 g/mol. The Kier molecular flexibility index (Phi) is 3.02. The van der Waals surface area contributed by atoms with E-state index in [0.717, 1.165) is 24.8 Å². The summed E-state index contributed by atoms with van der Waals surface area (Å²) in [5.41, 5.74) is 1.17. The Morgan fingerprint density at radius 3 is 2.71 bits per heavy atom. The molecular weight excluding hydrogens is 220 g/mol. The van der Waals surface area contributed by atoms with Crippen LogP contribution >= 0.6 is 0 Å². The van der Waals surface area contributed by atoms with Crippen molar-refractivity contribution in [2.45, 2.75) is 31.7 Å². The molecule has 0 radical (unpaired) electrons. The maximum absolute atomic E-state index is 10.9. The number of hydrogen-bond acceptors (Lipinski definition) is 4. The molecule has 5 nitrogen and oxygen atoms in total. The molecule has 1 fully saturated rings. The van der Waals surface area contributed by atoms with Gasteiger partial charge in [0, 0.05) is 6.07 Å². The average Bonchev–Trinajstić information content (AvgIpc) is 2.23. The standard InChI is InChI=1S/C12H16N2O3/c1-9-3-4-11(14(16)17)10(7-9)13-12(8-15)5-2-6-12/h3-4,7,13,15H,2,5-6,8H2,1H3. The highest BCUT2D eigenvalue weighted by atomic mass is 16.6. The normalized spacial score (nSPS) is 17.3. The Morgan fingerprint density at radius 1 is 1.53 bits per heavy atom. The smallest absolute Gasteiger partial charge is 0.292 e. The van der Waals surface area contributed by atoms with Gasteiger partial charge >= 0.3 is 0 Å². The van der Waals surface area contributed by atoms with Gasteiger partial charge in [0.05, 0.1) is 17.1 Å². The Morgan fingerprint density at radius 2 is 2.24 bits per heavy atom. The molecule has 0 atom stereocenters. The number of aliphatic hydroxyl groups excluding tert-OH is 1. The van der Waals surface area contributed by atoms with Crippen molar-refractivity contribution in [3.05, 3.63) is 33.9 Å². The molecule has 0 aromatic heterocycles. The first kappa shape index (κ1) is 11.9. The van der Waals surface area contributed by atoms with E-state index in [1.54, 1.807) is 12.1 Å². The van der Waals surface area contributed by atoms with Crippen LogP contribution in [0.2, 0.25) is 0 Å². The first-order valence-electron chi connectivity index (χ1n) is 5.70. The number of aryl methyl sites for hydroxylation is 1. The summed E-state index contributed by atoms with van der Waals surface area (Å²) in [5, 5.41) is 23.4. The molecule has 0 saturated heterocycles. The lowest BCUT2D eigenvalue weighted by atomic mass is 9.77. The first-order valence-corrected chi connectivity index (χ1v) is 5.70. The number of anilines is 1. The molecule has 17 heavy (non-hydrogen) atoms. The summed E-state index contributed by atoms with van der Waals surface area (Å²) >= 11 is 0. The molecule has 0 unspecified atom stereocenters. The lowest BCUT2D eigenvalue weighted by molar-refractivity contribution is -0.384. The Balaban J connectivity index is 2.30. The molecule has 0 spiro atoms. The number of rotatable bonds is 4. The molecule has 0 heterocycles. The minimum absolute atomic E-state index is 0.0120. The second kappa shape index (κ2) is 4.33. The van der Waals surface area contributed by atoms with Crippen LogP contribution in [0.4, 0.5) is 11.4 Å². The zero-order valence-electron chi connectivity index (χ0n) is 9.77. The van der Waals surface area contributed by atoms with Gasteiger partial charge in [0.2, 0.25) is 0 Å². The number of aliphatic hydroxyl groups is 1. The van der Waals surface area contributed by atoms with Crippen LogP contribution in [-0.4, -0.2) is 22.2 Å². The third kappa shape index (κ3) is 2.24. The van der Waals surface area contributed by atoms with Crippen LogP contribution in [0.5, 0.6) is 0 Å². The first-order chi connectivity index (χ1) is 8.06.